The van der Waals surface area contributed by atoms with Crippen molar-refractivity contribution in [3.63, 3.8) is 0 Å². The Bertz CT molecular complexity index is 427. The lowest BCUT2D eigenvalue weighted by atomic mass is 10.1. The first-order valence-electron chi connectivity index (χ1n) is 5.09. The largest absolute Gasteiger partial charge is 0.359 e. The summed E-state index contributed by atoms with van der Waals surface area (Å²) in [6.07, 6.45) is 2.18. The van der Waals surface area contributed by atoms with Crippen molar-refractivity contribution in [2.75, 3.05) is 5.32 Å². The number of nitrogens with one attached hydrogen (secondary N) is 1. The number of anilines is 1. The minimum absolute atomic E-state index is 0.284. The average molecular weight is 274 g/mol. The molecule has 0 saturated heterocycles. The van der Waals surface area contributed by atoms with Crippen molar-refractivity contribution in [2.24, 2.45) is 0 Å². The second kappa shape index (κ2) is 5.61. The van der Waals surface area contributed by atoms with E-state index >= 15 is 0 Å². The lowest BCUT2D eigenvalue weighted by Gasteiger charge is -2.15. The van der Waals surface area contributed by atoms with Gasteiger partial charge in [-0.3, -0.25) is 0 Å². The Morgan fingerprint density at radius 2 is 2.38 bits per heavy atom. The van der Waals surface area contributed by atoms with Gasteiger partial charge in [0.25, 0.3) is 0 Å². The molecule has 2 aromatic heterocycles. The predicted octanol–water partition coefficient (Wildman–Crippen LogP) is 4.21. The lowest BCUT2D eigenvalue weighted by Crippen LogP contribution is -2.09. The van der Waals surface area contributed by atoms with Gasteiger partial charge in [0, 0.05) is 4.88 Å². The molecule has 3 nitrogen and oxygen atoms in total. The van der Waals surface area contributed by atoms with Crippen LogP contribution in [0.3, 0.4) is 0 Å². The van der Waals surface area contributed by atoms with Crippen LogP contribution in [-0.2, 0) is 0 Å². The molecule has 86 valence electrons. The molecule has 2 heterocycles. The third-order valence-corrected chi connectivity index (χ3v) is 4.10. The second-order valence-electron chi connectivity index (χ2n) is 3.40. The third-order valence-electron chi connectivity index (χ3n) is 2.22. The number of rotatable bonds is 5. The van der Waals surface area contributed by atoms with Gasteiger partial charge in [0.2, 0.25) is 0 Å². The Morgan fingerprint density at radius 1 is 1.50 bits per heavy atom. The third kappa shape index (κ3) is 2.72. The molecule has 16 heavy (non-hydrogen) atoms. The molecule has 0 saturated carbocycles. The topological polar surface area (TPSA) is 37.8 Å². The van der Waals surface area contributed by atoms with E-state index in [1.165, 1.54) is 4.88 Å². The van der Waals surface area contributed by atoms with E-state index in [0.717, 1.165) is 24.6 Å². The number of thiophene rings is 1. The maximum atomic E-state index is 5.92. The molecule has 0 aliphatic rings. The summed E-state index contributed by atoms with van der Waals surface area (Å²) >= 11 is 8.80. The maximum Gasteiger partial charge on any atom is 0.186 e. The van der Waals surface area contributed by atoms with Crippen LogP contribution in [-0.4, -0.2) is 8.75 Å². The van der Waals surface area contributed by atoms with Crippen molar-refractivity contribution < 1.29 is 0 Å². The second-order valence-corrected chi connectivity index (χ2v) is 5.27. The summed E-state index contributed by atoms with van der Waals surface area (Å²) in [6, 6.07) is 4.48. The molecule has 0 aliphatic carbocycles. The van der Waals surface area contributed by atoms with E-state index in [9.17, 15) is 0 Å². The van der Waals surface area contributed by atoms with E-state index in [1.807, 2.05) is 0 Å². The molecule has 0 aromatic carbocycles. The average Bonchev–Trinajstić information content (AvgIpc) is 2.90. The highest BCUT2D eigenvalue weighted by atomic mass is 35.5. The zero-order valence-electron chi connectivity index (χ0n) is 8.81. The van der Waals surface area contributed by atoms with E-state index in [0.29, 0.717) is 11.0 Å². The highest BCUT2D eigenvalue weighted by molar-refractivity contribution is 7.10. The number of hydrogen-bond acceptors (Lipinski definition) is 5. The Morgan fingerprint density at radius 3 is 2.94 bits per heavy atom. The minimum atomic E-state index is 0.284. The summed E-state index contributed by atoms with van der Waals surface area (Å²) in [6.45, 7) is 2.17. The fourth-order valence-electron chi connectivity index (χ4n) is 1.49. The van der Waals surface area contributed by atoms with Crippen LogP contribution in [0.25, 0.3) is 0 Å². The summed E-state index contributed by atoms with van der Waals surface area (Å²) in [5.74, 6) is 0.693. The maximum absolute atomic E-state index is 5.92. The van der Waals surface area contributed by atoms with E-state index in [-0.39, 0.29) is 6.04 Å². The molecule has 1 atom stereocenters. The van der Waals surface area contributed by atoms with Crippen LogP contribution in [0.15, 0.2) is 17.5 Å². The molecule has 1 N–H and O–H groups in total. The highest BCUT2D eigenvalue weighted by Crippen LogP contribution is 2.29. The van der Waals surface area contributed by atoms with Gasteiger partial charge in [-0.1, -0.05) is 31.0 Å². The molecule has 0 fully saturated rings. The first kappa shape index (κ1) is 11.8. The number of aromatic nitrogens is 2. The first-order chi connectivity index (χ1) is 7.81. The Kier molecular flexibility index (Phi) is 4.15. The summed E-state index contributed by atoms with van der Waals surface area (Å²) in [4.78, 5) is 1.31. The Labute approximate surface area is 108 Å². The monoisotopic (exact) mass is 273 g/mol. The fourth-order valence-corrected chi connectivity index (χ4v) is 2.96. The van der Waals surface area contributed by atoms with Crippen molar-refractivity contribution in [1.82, 2.24) is 8.75 Å². The van der Waals surface area contributed by atoms with Crippen LogP contribution < -0.4 is 5.32 Å². The van der Waals surface area contributed by atoms with Crippen molar-refractivity contribution >= 4 is 40.5 Å². The molecule has 0 spiro atoms. The SMILES string of the molecule is CCCC(Nc1nsnc1Cl)c1cccs1. The van der Waals surface area contributed by atoms with Crippen LogP contribution in [0, 0.1) is 0 Å². The summed E-state index contributed by atoms with van der Waals surface area (Å²) < 4.78 is 8.09. The number of nitrogens with zero attached hydrogens (tertiary/aromatic N) is 2. The van der Waals surface area contributed by atoms with E-state index in [4.69, 9.17) is 11.6 Å². The smallest absolute Gasteiger partial charge is 0.186 e. The van der Waals surface area contributed by atoms with Gasteiger partial charge in [0.05, 0.1) is 17.8 Å². The Balaban J connectivity index is 2.12. The standard InChI is InChI=1S/C10H12ClN3S2/c1-2-4-7(8-5-3-6-15-8)12-10-9(11)13-16-14-10/h3,5-7H,2,4H2,1H3,(H,12,14). The minimum Gasteiger partial charge on any atom is -0.359 e. The molecule has 2 aromatic rings. The molecular formula is C10H12ClN3S2. The molecule has 0 aliphatic heterocycles. The van der Waals surface area contributed by atoms with Crippen molar-refractivity contribution in [3.05, 3.63) is 27.5 Å². The van der Waals surface area contributed by atoms with Crippen molar-refractivity contribution in [1.29, 1.82) is 0 Å². The molecule has 1 unspecified atom stereocenters. The van der Waals surface area contributed by atoms with E-state index < -0.39 is 0 Å². The van der Waals surface area contributed by atoms with Gasteiger partial charge in [-0.2, -0.15) is 8.75 Å². The zero-order valence-corrected chi connectivity index (χ0v) is 11.2. The summed E-state index contributed by atoms with van der Waals surface area (Å²) in [5.41, 5.74) is 0. The molecule has 2 rings (SSSR count). The Hall–Kier alpha value is -0.650. The van der Waals surface area contributed by atoms with Gasteiger partial charge in [-0.05, 0) is 17.9 Å². The number of halogens is 1. The van der Waals surface area contributed by atoms with E-state index in [2.05, 4.69) is 38.5 Å². The fraction of sp³-hybridized carbons (Fsp3) is 0.400. The van der Waals surface area contributed by atoms with E-state index in [1.54, 1.807) is 11.3 Å². The van der Waals surface area contributed by atoms with Crippen LogP contribution in [0.1, 0.15) is 30.7 Å². The van der Waals surface area contributed by atoms with Crippen molar-refractivity contribution in [2.45, 2.75) is 25.8 Å². The van der Waals surface area contributed by atoms with Gasteiger partial charge in [0.15, 0.2) is 11.0 Å². The first-order valence-corrected chi connectivity index (χ1v) is 7.08. The highest BCUT2D eigenvalue weighted by Gasteiger charge is 2.14. The van der Waals surface area contributed by atoms with Crippen LogP contribution in [0.2, 0.25) is 5.15 Å². The van der Waals surface area contributed by atoms with Gasteiger partial charge in [-0.15, -0.1) is 11.3 Å². The van der Waals surface area contributed by atoms with Crippen LogP contribution in [0.5, 0.6) is 0 Å². The van der Waals surface area contributed by atoms with Gasteiger partial charge >= 0.3 is 0 Å². The molecular weight excluding hydrogens is 262 g/mol. The number of hydrogen-bond donors (Lipinski definition) is 1. The summed E-state index contributed by atoms with van der Waals surface area (Å²) in [7, 11) is 0. The summed E-state index contributed by atoms with van der Waals surface area (Å²) in [5, 5.41) is 5.89. The molecule has 0 bridgehead atoms. The van der Waals surface area contributed by atoms with Gasteiger partial charge < -0.3 is 5.32 Å². The van der Waals surface area contributed by atoms with Gasteiger partial charge in [0.1, 0.15) is 0 Å². The lowest BCUT2D eigenvalue weighted by molar-refractivity contribution is 0.685. The quantitative estimate of drug-likeness (QED) is 0.887. The predicted molar refractivity (Wildman–Crippen MR) is 70.5 cm³/mol. The zero-order chi connectivity index (χ0) is 11.4. The molecule has 0 radical (unpaired) electrons. The molecule has 6 heteroatoms. The van der Waals surface area contributed by atoms with Crippen molar-refractivity contribution in [3.8, 4) is 0 Å². The van der Waals surface area contributed by atoms with Gasteiger partial charge in [-0.25, -0.2) is 0 Å². The van der Waals surface area contributed by atoms with Crippen LogP contribution >= 0.6 is 34.7 Å². The van der Waals surface area contributed by atoms with Crippen LogP contribution in [0.4, 0.5) is 5.82 Å². The normalized spacial score (nSPS) is 12.6. The molecule has 0 amide bonds.